The number of furan rings is 1. The quantitative estimate of drug-likeness (QED) is 0.503. The molecule has 1 aromatic rings. The highest BCUT2D eigenvalue weighted by Crippen LogP contribution is 2.13. The molecule has 0 saturated carbocycles. The van der Waals surface area contributed by atoms with Gasteiger partial charge in [0.2, 0.25) is 6.08 Å². The van der Waals surface area contributed by atoms with Crippen molar-refractivity contribution in [1.82, 2.24) is 0 Å². The lowest BCUT2D eigenvalue weighted by atomic mass is 10.4. The van der Waals surface area contributed by atoms with Gasteiger partial charge in [-0.25, -0.2) is 4.79 Å². The number of isocyanates is 1. The normalized spacial score (nSPS) is 9.91. The summed E-state index contributed by atoms with van der Waals surface area (Å²) >= 11 is 5.46. The van der Waals surface area contributed by atoms with E-state index in [1.807, 2.05) is 0 Å². The van der Waals surface area contributed by atoms with E-state index in [2.05, 4.69) is 4.99 Å². The van der Waals surface area contributed by atoms with Crippen molar-refractivity contribution in [3.63, 3.8) is 0 Å². The van der Waals surface area contributed by atoms with Crippen molar-refractivity contribution in [2.75, 3.05) is 0 Å². The van der Waals surface area contributed by atoms with Gasteiger partial charge in [-0.3, -0.25) is 0 Å². The SMILES string of the molecule is O=C=N/C=C\c1ccc(Cl)o1. The monoisotopic (exact) mass is 169 g/mol. The van der Waals surface area contributed by atoms with Crippen molar-refractivity contribution in [2.24, 2.45) is 4.99 Å². The summed E-state index contributed by atoms with van der Waals surface area (Å²) in [5.41, 5.74) is 0. The minimum absolute atomic E-state index is 0.305. The molecule has 56 valence electrons. The third-order valence-corrected chi connectivity index (χ3v) is 1.16. The largest absolute Gasteiger partial charge is 0.445 e. The molecule has 0 radical (unpaired) electrons. The Morgan fingerprint density at radius 3 is 3.00 bits per heavy atom. The number of halogens is 1. The van der Waals surface area contributed by atoms with Crippen LogP contribution in [-0.4, -0.2) is 6.08 Å². The van der Waals surface area contributed by atoms with E-state index in [0.29, 0.717) is 11.0 Å². The van der Waals surface area contributed by atoms with E-state index >= 15 is 0 Å². The van der Waals surface area contributed by atoms with E-state index in [0.717, 1.165) is 0 Å². The van der Waals surface area contributed by atoms with Gasteiger partial charge in [0.1, 0.15) is 5.76 Å². The summed E-state index contributed by atoms with van der Waals surface area (Å²) in [6.07, 6.45) is 4.15. The summed E-state index contributed by atoms with van der Waals surface area (Å²) in [5.74, 6) is 0.550. The molecule has 11 heavy (non-hydrogen) atoms. The van der Waals surface area contributed by atoms with Gasteiger partial charge >= 0.3 is 0 Å². The first-order valence-electron chi connectivity index (χ1n) is 2.82. The predicted octanol–water partition coefficient (Wildman–Crippen LogP) is 2.24. The average molecular weight is 170 g/mol. The van der Waals surface area contributed by atoms with E-state index < -0.39 is 0 Å². The second-order valence-electron chi connectivity index (χ2n) is 1.68. The topological polar surface area (TPSA) is 42.6 Å². The summed E-state index contributed by atoms with van der Waals surface area (Å²) in [7, 11) is 0. The Bertz CT molecular complexity index is 310. The molecule has 0 fully saturated rings. The third kappa shape index (κ3) is 2.42. The summed E-state index contributed by atoms with van der Waals surface area (Å²) in [4.78, 5) is 12.8. The Hall–Kier alpha value is -1.31. The molecule has 1 rings (SSSR count). The molecule has 0 aliphatic rings. The smallest absolute Gasteiger partial charge is 0.239 e. The summed E-state index contributed by atoms with van der Waals surface area (Å²) in [5, 5.41) is 0.305. The first kappa shape index (κ1) is 7.79. The molecule has 4 heteroatoms. The molecule has 0 spiro atoms. The van der Waals surface area contributed by atoms with Gasteiger partial charge < -0.3 is 4.42 Å². The second kappa shape index (κ2) is 3.76. The molecule has 0 unspecified atom stereocenters. The Morgan fingerprint density at radius 1 is 1.64 bits per heavy atom. The maximum atomic E-state index is 9.60. The number of rotatable bonds is 2. The van der Waals surface area contributed by atoms with Gasteiger partial charge in [-0.15, -0.1) is 0 Å². The van der Waals surface area contributed by atoms with E-state index in [1.54, 1.807) is 12.1 Å². The number of hydrogen-bond acceptors (Lipinski definition) is 3. The van der Waals surface area contributed by atoms with E-state index in [4.69, 9.17) is 16.0 Å². The number of carbonyl (C=O) groups excluding carboxylic acids is 1. The van der Waals surface area contributed by atoms with Gasteiger partial charge in [0.25, 0.3) is 0 Å². The summed E-state index contributed by atoms with van der Waals surface area (Å²) in [6.45, 7) is 0. The van der Waals surface area contributed by atoms with Gasteiger partial charge in [0, 0.05) is 12.3 Å². The first-order valence-corrected chi connectivity index (χ1v) is 3.19. The number of aliphatic imine (C=N–C) groups is 1. The summed E-state index contributed by atoms with van der Waals surface area (Å²) in [6, 6.07) is 3.27. The van der Waals surface area contributed by atoms with Crippen LogP contribution in [0.25, 0.3) is 6.08 Å². The zero-order valence-corrected chi connectivity index (χ0v) is 6.21. The van der Waals surface area contributed by atoms with Gasteiger partial charge in [-0.2, -0.15) is 4.99 Å². The van der Waals surface area contributed by atoms with E-state index in [1.165, 1.54) is 18.4 Å². The zero-order valence-electron chi connectivity index (χ0n) is 5.45. The molecule has 0 aliphatic carbocycles. The van der Waals surface area contributed by atoms with Crippen molar-refractivity contribution >= 4 is 23.8 Å². The van der Waals surface area contributed by atoms with Crippen LogP contribution in [0.15, 0.2) is 27.7 Å². The van der Waals surface area contributed by atoms with Crippen LogP contribution >= 0.6 is 11.6 Å². The van der Waals surface area contributed by atoms with Crippen molar-refractivity contribution in [2.45, 2.75) is 0 Å². The van der Waals surface area contributed by atoms with Crippen LogP contribution in [0, 0.1) is 0 Å². The van der Waals surface area contributed by atoms with E-state index in [-0.39, 0.29) is 0 Å². The van der Waals surface area contributed by atoms with Gasteiger partial charge in [0.05, 0.1) is 0 Å². The van der Waals surface area contributed by atoms with Crippen molar-refractivity contribution in [1.29, 1.82) is 0 Å². The maximum absolute atomic E-state index is 9.60. The Labute approximate surface area is 68.0 Å². The van der Waals surface area contributed by atoms with Crippen LogP contribution in [0.1, 0.15) is 5.76 Å². The lowest BCUT2D eigenvalue weighted by molar-refractivity contribution is 0.559. The van der Waals surface area contributed by atoms with Crippen LogP contribution in [0.3, 0.4) is 0 Å². The molecule has 1 aromatic heterocycles. The standard InChI is InChI=1S/C7H4ClNO2/c8-7-2-1-6(11-7)3-4-9-5-10/h1-4H/b4-3-. The molecule has 0 amide bonds. The Morgan fingerprint density at radius 2 is 2.45 bits per heavy atom. The van der Waals surface area contributed by atoms with Crippen molar-refractivity contribution < 1.29 is 9.21 Å². The highest BCUT2D eigenvalue weighted by molar-refractivity contribution is 6.28. The number of hydrogen-bond donors (Lipinski definition) is 0. The molecule has 0 saturated heterocycles. The molecular weight excluding hydrogens is 166 g/mol. The predicted molar refractivity (Wildman–Crippen MR) is 40.9 cm³/mol. The molecule has 0 aromatic carbocycles. The molecule has 3 nitrogen and oxygen atoms in total. The van der Waals surface area contributed by atoms with Crippen LogP contribution in [-0.2, 0) is 4.79 Å². The van der Waals surface area contributed by atoms with Gasteiger partial charge in [-0.1, -0.05) is 0 Å². The number of nitrogens with zero attached hydrogens (tertiary/aromatic N) is 1. The van der Waals surface area contributed by atoms with E-state index in [9.17, 15) is 4.79 Å². The fourth-order valence-electron chi connectivity index (χ4n) is 0.559. The van der Waals surface area contributed by atoms with Crippen LogP contribution in [0.5, 0.6) is 0 Å². The summed E-state index contributed by atoms with van der Waals surface area (Å²) < 4.78 is 4.92. The molecule has 0 aliphatic heterocycles. The minimum Gasteiger partial charge on any atom is -0.445 e. The fraction of sp³-hybridized carbons (Fsp3) is 0. The zero-order chi connectivity index (χ0) is 8.10. The van der Waals surface area contributed by atoms with Crippen molar-refractivity contribution in [3.05, 3.63) is 29.3 Å². The van der Waals surface area contributed by atoms with Crippen LogP contribution in [0.4, 0.5) is 0 Å². The van der Waals surface area contributed by atoms with Crippen LogP contribution in [0.2, 0.25) is 5.22 Å². The van der Waals surface area contributed by atoms with Crippen LogP contribution < -0.4 is 0 Å². The Balaban J connectivity index is 2.71. The molecule has 0 atom stereocenters. The first-order chi connectivity index (χ1) is 5.33. The van der Waals surface area contributed by atoms with Crippen molar-refractivity contribution in [3.8, 4) is 0 Å². The Kier molecular flexibility index (Phi) is 2.66. The molecule has 1 heterocycles. The third-order valence-electron chi connectivity index (χ3n) is 0.960. The maximum Gasteiger partial charge on any atom is 0.239 e. The van der Waals surface area contributed by atoms with Gasteiger partial charge in [0.15, 0.2) is 5.22 Å². The highest BCUT2D eigenvalue weighted by atomic mass is 35.5. The second-order valence-corrected chi connectivity index (χ2v) is 2.05. The lowest BCUT2D eigenvalue weighted by Gasteiger charge is -1.78. The fourth-order valence-corrected chi connectivity index (χ4v) is 0.711. The molecule has 0 N–H and O–H groups in total. The highest BCUT2D eigenvalue weighted by Gasteiger charge is 1.92. The lowest BCUT2D eigenvalue weighted by Crippen LogP contribution is -1.57. The minimum atomic E-state index is 0.305. The average Bonchev–Trinajstić information content (AvgIpc) is 2.37. The van der Waals surface area contributed by atoms with Gasteiger partial charge in [-0.05, 0) is 23.7 Å². The molecule has 0 bridgehead atoms. The molecular formula is C7H4ClNO2.